The van der Waals surface area contributed by atoms with E-state index < -0.39 is 0 Å². The van der Waals surface area contributed by atoms with Crippen molar-refractivity contribution in [3.05, 3.63) is 35.9 Å². The summed E-state index contributed by atoms with van der Waals surface area (Å²) < 4.78 is 0. The van der Waals surface area contributed by atoms with Crippen molar-refractivity contribution in [1.82, 2.24) is 0 Å². The molecule has 0 bridgehead atoms. The summed E-state index contributed by atoms with van der Waals surface area (Å²) in [6.07, 6.45) is 6.51. The second-order valence-corrected chi connectivity index (χ2v) is 4.29. The molecule has 0 amide bonds. The van der Waals surface area contributed by atoms with Crippen LogP contribution in [0.15, 0.2) is 30.3 Å². The van der Waals surface area contributed by atoms with Gasteiger partial charge < -0.3 is 4.79 Å². The summed E-state index contributed by atoms with van der Waals surface area (Å²) in [4.78, 5) is 21.7. The van der Waals surface area contributed by atoms with Crippen molar-refractivity contribution in [2.45, 2.75) is 44.9 Å². The van der Waals surface area contributed by atoms with Gasteiger partial charge in [0, 0.05) is 19.3 Å². The van der Waals surface area contributed by atoms with Crippen LogP contribution in [0, 0.1) is 0 Å². The van der Waals surface area contributed by atoms with Gasteiger partial charge in [0.25, 0.3) is 0 Å². The van der Waals surface area contributed by atoms with Crippen molar-refractivity contribution >= 4 is 12.1 Å². The van der Waals surface area contributed by atoms with Crippen molar-refractivity contribution in [2.24, 2.45) is 0 Å². The van der Waals surface area contributed by atoms with Crippen molar-refractivity contribution < 1.29 is 9.59 Å². The Morgan fingerprint density at radius 3 is 2.47 bits per heavy atom. The monoisotopic (exact) mass is 232 g/mol. The van der Waals surface area contributed by atoms with Crippen LogP contribution in [0.3, 0.4) is 0 Å². The molecule has 2 nitrogen and oxygen atoms in total. The molecule has 0 heterocycles. The molecule has 2 heteroatoms. The fraction of sp³-hybridized carbons (Fsp3) is 0.467. The Morgan fingerprint density at radius 1 is 1.00 bits per heavy atom. The SMILES string of the molecule is O=CCCCCCC(=O)CCc1ccccc1. The van der Waals surface area contributed by atoms with E-state index in [1.54, 1.807) is 0 Å². The van der Waals surface area contributed by atoms with E-state index in [2.05, 4.69) is 12.1 Å². The first-order valence-electron chi connectivity index (χ1n) is 6.32. The Labute approximate surface area is 103 Å². The molecule has 0 aliphatic rings. The third-order valence-corrected chi connectivity index (χ3v) is 2.81. The fourth-order valence-electron chi connectivity index (χ4n) is 1.78. The summed E-state index contributed by atoms with van der Waals surface area (Å²) in [6, 6.07) is 10.1. The predicted molar refractivity (Wildman–Crippen MR) is 68.9 cm³/mol. The third-order valence-electron chi connectivity index (χ3n) is 2.81. The molecule has 0 saturated heterocycles. The molecule has 0 unspecified atom stereocenters. The first-order chi connectivity index (χ1) is 8.33. The van der Waals surface area contributed by atoms with E-state index in [9.17, 15) is 9.59 Å². The van der Waals surface area contributed by atoms with E-state index in [4.69, 9.17) is 0 Å². The number of hydrogen-bond donors (Lipinski definition) is 0. The summed E-state index contributed by atoms with van der Waals surface area (Å²) in [5.74, 6) is 0.333. The number of benzene rings is 1. The van der Waals surface area contributed by atoms with Crippen LogP contribution in [0.1, 0.15) is 44.1 Å². The number of aryl methyl sites for hydroxylation is 1. The van der Waals surface area contributed by atoms with Crippen LogP contribution in [0.5, 0.6) is 0 Å². The normalized spacial score (nSPS) is 10.1. The van der Waals surface area contributed by atoms with Crippen LogP contribution < -0.4 is 0 Å². The number of unbranched alkanes of at least 4 members (excludes halogenated alkanes) is 3. The first kappa shape index (κ1) is 13.6. The highest BCUT2D eigenvalue weighted by Crippen LogP contribution is 2.07. The summed E-state index contributed by atoms with van der Waals surface area (Å²) >= 11 is 0. The number of hydrogen-bond acceptors (Lipinski definition) is 2. The second-order valence-electron chi connectivity index (χ2n) is 4.29. The molecule has 1 aromatic rings. The van der Waals surface area contributed by atoms with Crippen LogP contribution in [0.2, 0.25) is 0 Å². The zero-order valence-electron chi connectivity index (χ0n) is 10.2. The quantitative estimate of drug-likeness (QED) is 0.483. The molecular weight excluding hydrogens is 212 g/mol. The molecule has 0 radical (unpaired) electrons. The van der Waals surface area contributed by atoms with Gasteiger partial charge in [-0.3, -0.25) is 4.79 Å². The molecule has 1 aromatic carbocycles. The molecule has 0 fully saturated rings. The number of Topliss-reactive ketones (excluding diaryl/α,β-unsaturated/α-hetero) is 1. The van der Waals surface area contributed by atoms with Crippen LogP contribution in [0.25, 0.3) is 0 Å². The lowest BCUT2D eigenvalue weighted by Gasteiger charge is -2.01. The van der Waals surface area contributed by atoms with Gasteiger partial charge in [-0.1, -0.05) is 36.8 Å². The molecule has 0 aromatic heterocycles. The summed E-state index contributed by atoms with van der Waals surface area (Å²) in [7, 11) is 0. The topological polar surface area (TPSA) is 34.1 Å². The van der Waals surface area contributed by atoms with E-state index in [1.165, 1.54) is 5.56 Å². The Balaban J connectivity index is 2.07. The molecule has 1 rings (SSSR count). The summed E-state index contributed by atoms with van der Waals surface area (Å²) in [5, 5.41) is 0. The number of ketones is 1. The van der Waals surface area contributed by atoms with Crippen LogP contribution >= 0.6 is 0 Å². The molecule has 92 valence electrons. The smallest absolute Gasteiger partial charge is 0.133 e. The van der Waals surface area contributed by atoms with E-state index in [-0.39, 0.29) is 0 Å². The Morgan fingerprint density at radius 2 is 1.76 bits per heavy atom. The molecule has 0 saturated carbocycles. The number of aldehydes is 1. The Kier molecular flexibility index (Phi) is 6.96. The van der Waals surface area contributed by atoms with Gasteiger partial charge in [-0.05, 0) is 24.8 Å². The van der Waals surface area contributed by atoms with E-state index in [1.807, 2.05) is 18.2 Å². The largest absolute Gasteiger partial charge is 0.303 e. The molecule has 0 aliphatic carbocycles. The van der Waals surface area contributed by atoms with E-state index >= 15 is 0 Å². The predicted octanol–water partition coefficient (Wildman–Crippen LogP) is 3.34. The third kappa shape index (κ3) is 6.67. The van der Waals surface area contributed by atoms with E-state index in [0.29, 0.717) is 25.0 Å². The lowest BCUT2D eigenvalue weighted by Crippen LogP contribution is -2.00. The van der Waals surface area contributed by atoms with Gasteiger partial charge in [-0.15, -0.1) is 0 Å². The minimum atomic E-state index is 0.333. The van der Waals surface area contributed by atoms with Gasteiger partial charge in [0.2, 0.25) is 0 Å². The Bertz CT molecular complexity index is 330. The lowest BCUT2D eigenvalue weighted by atomic mass is 10.0. The van der Waals surface area contributed by atoms with E-state index in [0.717, 1.165) is 32.0 Å². The van der Waals surface area contributed by atoms with Crippen molar-refractivity contribution in [1.29, 1.82) is 0 Å². The maximum Gasteiger partial charge on any atom is 0.133 e. The minimum absolute atomic E-state index is 0.333. The van der Waals surface area contributed by atoms with Gasteiger partial charge in [-0.25, -0.2) is 0 Å². The van der Waals surface area contributed by atoms with Gasteiger partial charge in [0.05, 0.1) is 0 Å². The molecule has 0 spiro atoms. The van der Waals surface area contributed by atoms with Crippen molar-refractivity contribution in [3.63, 3.8) is 0 Å². The molecule has 0 aliphatic heterocycles. The zero-order valence-corrected chi connectivity index (χ0v) is 10.2. The molecular formula is C15H20O2. The van der Waals surface area contributed by atoms with Crippen LogP contribution in [-0.4, -0.2) is 12.1 Å². The fourth-order valence-corrected chi connectivity index (χ4v) is 1.78. The maximum atomic E-state index is 11.6. The average Bonchev–Trinajstić information content (AvgIpc) is 2.37. The summed E-state index contributed by atoms with van der Waals surface area (Å²) in [6.45, 7) is 0. The number of rotatable bonds is 9. The van der Waals surface area contributed by atoms with Crippen molar-refractivity contribution in [2.75, 3.05) is 0 Å². The molecule has 0 N–H and O–H groups in total. The Hall–Kier alpha value is -1.44. The van der Waals surface area contributed by atoms with Crippen LogP contribution in [-0.2, 0) is 16.0 Å². The van der Waals surface area contributed by atoms with Gasteiger partial charge in [-0.2, -0.15) is 0 Å². The lowest BCUT2D eigenvalue weighted by molar-refractivity contribution is -0.119. The first-order valence-corrected chi connectivity index (χ1v) is 6.32. The van der Waals surface area contributed by atoms with Gasteiger partial charge in [0.15, 0.2) is 0 Å². The molecule has 0 atom stereocenters. The second kappa shape index (κ2) is 8.68. The van der Waals surface area contributed by atoms with Gasteiger partial charge >= 0.3 is 0 Å². The summed E-state index contributed by atoms with van der Waals surface area (Å²) in [5.41, 5.74) is 1.22. The standard InChI is InChI=1S/C15H20O2/c16-13-7-2-1-6-10-15(17)12-11-14-8-4-3-5-9-14/h3-5,8-9,13H,1-2,6-7,10-12H2. The maximum absolute atomic E-state index is 11.6. The van der Waals surface area contributed by atoms with Gasteiger partial charge in [0.1, 0.15) is 12.1 Å². The highest BCUT2D eigenvalue weighted by Gasteiger charge is 2.02. The highest BCUT2D eigenvalue weighted by atomic mass is 16.1. The molecule has 17 heavy (non-hydrogen) atoms. The highest BCUT2D eigenvalue weighted by molar-refractivity contribution is 5.78. The number of carbonyl (C=O) groups is 2. The van der Waals surface area contributed by atoms with Crippen LogP contribution in [0.4, 0.5) is 0 Å². The number of carbonyl (C=O) groups excluding carboxylic acids is 2. The minimum Gasteiger partial charge on any atom is -0.303 e. The van der Waals surface area contributed by atoms with Crippen molar-refractivity contribution in [3.8, 4) is 0 Å². The zero-order chi connectivity index (χ0) is 12.3. The average molecular weight is 232 g/mol.